The molecule has 1 heterocycles. The molecule has 1 aliphatic heterocycles. The maximum atomic E-state index is 12.3. The monoisotopic (exact) mass is 358 g/mol. The summed E-state index contributed by atoms with van der Waals surface area (Å²) in [6.07, 6.45) is 0. The van der Waals surface area contributed by atoms with E-state index in [9.17, 15) is 14.4 Å². The highest BCUT2D eigenvalue weighted by Crippen LogP contribution is 2.25. The number of carbonyl (C=O) groups is 3. The molecule has 0 aliphatic carbocycles. The van der Waals surface area contributed by atoms with Crippen LogP contribution in [0.1, 0.15) is 26.3 Å². The summed E-state index contributed by atoms with van der Waals surface area (Å²) < 4.78 is 5.07. The van der Waals surface area contributed by atoms with E-state index in [1.165, 1.54) is 12.1 Å². The van der Waals surface area contributed by atoms with E-state index in [-0.39, 0.29) is 24.2 Å². The van der Waals surface area contributed by atoms with Crippen molar-refractivity contribution in [2.45, 2.75) is 6.54 Å². The molecular weight excluding hydrogens is 344 g/mol. The van der Waals surface area contributed by atoms with E-state index in [1.807, 2.05) is 12.1 Å². The molecular formula is C18H15ClN2O4. The zero-order valence-electron chi connectivity index (χ0n) is 13.4. The molecule has 0 unspecified atom stereocenters. The maximum absolute atomic E-state index is 12.3. The summed E-state index contributed by atoms with van der Waals surface area (Å²) in [5.74, 6) is -0.699. The Morgan fingerprint density at radius 1 is 1.08 bits per heavy atom. The Balaban J connectivity index is 1.61. The van der Waals surface area contributed by atoms with Crippen molar-refractivity contribution in [2.75, 3.05) is 13.7 Å². The molecule has 0 atom stereocenters. The van der Waals surface area contributed by atoms with E-state index in [1.54, 1.807) is 25.3 Å². The summed E-state index contributed by atoms with van der Waals surface area (Å²) in [6, 6.07) is 11.7. The van der Waals surface area contributed by atoms with Crippen LogP contribution < -0.4 is 10.1 Å². The molecule has 0 aromatic heterocycles. The number of hydrogen-bond acceptors (Lipinski definition) is 4. The van der Waals surface area contributed by atoms with Crippen LogP contribution in [0.3, 0.4) is 0 Å². The van der Waals surface area contributed by atoms with Crippen molar-refractivity contribution < 1.29 is 19.1 Å². The summed E-state index contributed by atoms with van der Waals surface area (Å²) >= 11 is 5.86. The summed E-state index contributed by atoms with van der Waals surface area (Å²) in [5.41, 5.74) is 1.36. The van der Waals surface area contributed by atoms with Crippen molar-refractivity contribution in [1.82, 2.24) is 10.2 Å². The summed E-state index contributed by atoms with van der Waals surface area (Å²) in [5, 5.41) is 3.06. The number of nitrogens with one attached hydrogen (secondary N) is 1. The van der Waals surface area contributed by atoms with Crippen molar-refractivity contribution in [3.8, 4) is 5.75 Å². The molecule has 1 aliphatic rings. The molecule has 2 aromatic carbocycles. The van der Waals surface area contributed by atoms with Gasteiger partial charge in [-0.15, -0.1) is 0 Å². The zero-order valence-corrected chi connectivity index (χ0v) is 14.2. The molecule has 2 aromatic rings. The van der Waals surface area contributed by atoms with Crippen LogP contribution in [0, 0.1) is 0 Å². The number of amides is 3. The minimum Gasteiger partial charge on any atom is -0.497 e. The Hall–Kier alpha value is -2.86. The number of hydrogen-bond donors (Lipinski definition) is 1. The number of carbonyl (C=O) groups excluding carboxylic acids is 3. The molecule has 128 valence electrons. The third-order valence-electron chi connectivity index (χ3n) is 3.88. The lowest BCUT2D eigenvalue weighted by Crippen LogP contribution is -2.40. The molecule has 0 radical (unpaired) electrons. The van der Waals surface area contributed by atoms with Gasteiger partial charge in [0.15, 0.2) is 0 Å². The number of halogens is 1. The lowest BCUT2D eigenvalue weighted by atomic mass is 10.1. The van der Waals surface area contributed by atoms with Crippen molar-refractivity contribution >= 4 is 29.3 Å². The van der Waals surface area contributed by atoms with Crippen LogP contribution in [-0.4, -0.2) is 36.3 Å². The Kier molecular flexibility index (Phi) is 4.72. The third kappa shape index (κ3) is 3.49. The average molecular weight is 359 g/mol. The van der Waals surface area contributed by atoms with Gasteiger partial charge in [-0.3, -0.25) is 19.3 Å². The molecule has 1 N–H and O–H groups in total. The van der Waals surface area contributed by atoms with Crippen LogP contribution in [0.4, 0.5) is 0 Å². The highest BCUT2D eigenvalue weighted by molar-refractivity contribution is 6.32. The second-order valence-corrected chi connectivity index (χ2v) is 5.95. The van der Waals surface area contributed by atoms with Gasteiger partial charge < -0.3 is 10.1 Å². The molecule has 6 nitrogen and oxygen atoms in total. The number of methoxy groups -OCH3 is 1. The Bertz CT molecular complexity index is 849. The average Bonchev–Trinajstić information content (AvgIpc) is 2.85. The standard InChI is InChI=1S/C18H15ClN2O4/c1-25-13-5-2-11(3-6-13)9-20-16(22)10-21-17(23)14-7-4-12(19)8-15(14)18(21)24/h2-8H,9-10H2,1H3,(H,20,22). The van der Waals surface area contributed by atoms with Crippen LogP contribution in [0.25, 0.3) is 0 Å². The molecule has 0 bridgehead atoms. The second kappa shape index (κ2) is 6.94. The van der Waals surface area contributed by atoms with Gasteiger partial charge in [-0.1, -0.05) is 23.7 Å². The molecule has 7 heteroatoms. The van der Waals surface area contributed by atoms with E-state index < -0.39 is 17.7 Å². The number of rotatable bonds is 5. The molecule has 0 fully saturated rings. The molecule has 3 rings (SSSR count). The third-order valence-corrected chi connectivity index (χ3v) is 4.12. The van der Waals surface area contributed by atoms with Gasteiger partial charge in [-0.05, 0) is 35.9 Å². The number of benzene rings is 2. The maximum Gasteiger partial charge on any atom is 0.262 e. The van der Waals surface area contributed by atoms with Crippen LogP contribution in [0.5, 0.6) is 5.75 Å². The number of nitrogens with zero attached hydrogens (tertiary/aromatic N) is 1. The largest absolute Gasteiger partial charge is 0.497 e. The van der Waals surface area contributed by atoms with Crippen molar-refractivity contribution in [1.29, 1.82) is 0 Å². The van der Waals surface area contributed by atoms with E-state index in [0.717, 1.165) is 16.2 Å². The van der Waals surface area contributed by atoms with Gasteiger partial charge in [0.25, 0.3) is 11.8 Å². The van der Waals surface area contributed by atoms with Gasteiger partial charge in [0.2, 0.25) is 5.91 Å². The van der Waals surface area contributed by atoms with Crippen LogP contribution in [-0.2, 0) is 11.3 Å². The molecule has 3 amide bonds. The Morgan fingerprint density at radius 2 is 1.76 bits per heavy atom. The van der Waals surface area contributed by atoms with E-state index in [2.05, 4.69) is 5.32 Å². The first-order valence-electron chi connectivity index (χ1n) is 7.55. The predicted octanol–water partition coefficient (Wildman–Crippen LogP) is 2.26. The Morgan fingerprint density at radius 3 is 2.44 bits per heavy atom. The topological polar surface area (TPSA) is 75.7 Å². The normalized spacial score (nSPS) is 13.0. The Labute approximate surface area is 149 Å². The summed E-state index contributed by atoms with van der Waals surface area (Å²) in [7, 11) is 1.58. The predicted molar refractivity (Wildman–Crippen MR) is 91.7 cm³/mol. The zero-order chi connectivity index (χ0) is 18.0. The van der Waals surface area contributed by atoms with Crippen molar-refractivity contribution in [3.05, 3.63) is 64.2 Å². The lowest BCUT2D eigenvalue weighted by Gasteiger charge is -2.13. The smallest absolute Gasteiger partial charge is 0.262 e. The first-order valence-corrected chi connectivity index (χ1v) is 7.93. The number of imide groups is 1. The van der Waals surface area contributed by atoms with Gasteiger partial charge in [-0.2, -0.15) is 0 Å². The van der Waals surface area contributed by atoms with Gasteiger partial charge in [-0.25, -0.2) is 0 Å². The molecule has 0 saturated heterocycles. The molecule has 0 spiro atoms. The fourth-order valence-corrected chi connectivity index (χ4v) is 2.72. The summed E-state index contributed by atoms with van der Waals surface area (Å²) in [4.78, 5) is 37.6. The summed E-state index contributed by atoms with van der Waals surface area (Å²) in [6.45, 7) is -0.0437. The van der Waals surface area contributed by atoms with Crippen LogP contribution >= 0.6 is 11.6 Å². The minimum atomic E-state index is -0.512. The van der Waals surface area contributed by atoms with E-state index in [0.29, 0.717) is 5.02 Å². The van der Waals surface area contributed by atoms with E-state index in [4.69, 9.17) is 16.3 Å². The van der Waals surface area contributed by atoms with Crippen LogP contribution in [0.15, 0.2) is 42.5 Å². The number of fused-ring (bicyclic) bond motifs is 1. The van der Waals surface area contributed by atoms with Gasteiger partial charge in [0.1, 0.15) is 12.3 Å². The first kappa shape index (κ1) is 17.0. The minimum absolute atomic E-state index is 0.223. The van der Waals surface area contributed by atoms with Crippen LogP contribution in [0.2, 0.25) is 5.02 Å². The van der Waals surface area contributed by atoms with Crippen molar-refractivity contribution in [2.24, 2.45) is 0 Å². The highest BCUT2D eigenvalue weighted by atomic mass is 35.5. The first-order chi connectivity index (χ1) is 12.0. The molecule has 25 heavy (non-hydrogen) atoms. The van der Waals surface area contributed by atoms with Crippen molar-refractivity contribution in [3.63, 3.8) is 0 Å². The molecule has 0 saturated carbocycles. The lowest BCUT2D eigenvalue weighted by molar-refractivity contribution is -0.121. The van der Waals surface area contributed by atoms with Gasteiger partial charge in [0, 0.05) is 11.6 Å². The SMILES string of the molecule is COc1ccc(CNC(=O)CN2C(=O)c3ccc(Cl)cc3C2=O)cc1. The fraction of sp³-hybridized carbons (Fsp3) is 0.167. The number of ether oxygens (including phenoxy) is 1. The quantitative estimate of drug-likeness (QED) is 0.832. The van der Waals surface area contributed by atoms with Gasteiger partial charge >= 0.3 is 0 Å². The highest BCUT2D eigenvalue weighted by Gasteiger charge is 2.36. The van der Waals surface area contributed by atoms with Gasteiger partial charge in [0.05, 0.1) is 18.2 Å². The fourth-order valence-electron chi connectivity index (χ4n) is 2.55. The van der Waals surface area contributed by atoms with E-state index >= 15 is 0 Å². The second-order valence-electron chi connectivity index (χ2n) is 5.51.